The Kier molecular flexibility index (Phi) is 5.44. The third-order valence-electron chi connectivity index (χ3n) is 2.31. The van der Waals surface area contributed by atoms with Crippen LogP contribution in [0.15, 0.2) is 41.8 Å². The van der Waals surface area contributed by atoms with E-state index in [1.807, 2.05) is 0 Å². The normalized spacial score (nSPS) is 12.7. The van der Waals surface area contributed by atoms with Crippen molar-refractivity contribution in [3.63, 3.8) is 0 Å². The molecule has 0 aliphatic carbocycles. The molecule has 1 aromatic carbocycles. The summed E-state index contributed by atoms with van der Waals surface area (Å²) >= 11 is 1.42. The van der Waals surface area contributed by atoms with Crippen molar-refractivity contribution < 1.29 is 18.3 Å². The van der Waals surface area contributed by atoms with Crippen LogP contribution in [0.25, 0.3) is 0 Å². The molecule has 0 fully saturated rings. The summed E-state index contributed by atoms with van der Waals surface area (Å²) in [6, 6.07) is 6.82. The fraction of sp³-hybridized carbons (Fsp3) is 0.250. The number of benzene rings is 1. The number of sulfonamides is 1. The zero-order chi connectivity index (χ0) is 14.5. The molecule has 5 nitrogen and oxygen atoms in total. The standard InChI is InChI=1S/C12H15NO4S2/c1-3-8-18-11-7-5-4-6-10(11)13-19(16,17)9(2)12(14)15/h3-7,9,13H,1,8H2,2H3,(H,14,15). The number of para-hydroxylation sites is 1. The SMILES string of the molecule is C=CCSc1ccccc1NS(=O)(=O)C(C)C(=O)O. The molecule has 0 saturated carbocycles. The second-order valence-electron chi connectivity index (χ2n) is 3.72. The summed E-state index contributed by atoms with van der Waals surface area (Å²) in [5.41, 5.74) is 0.377. The van der Waals surface area contributed by atoms with Gasteiger partial charge in [-0.25, -0.2) is 8.42 Å². The third-order valence-corrected chi connectivity index (χ3v) is 5.02. The number of thioether (sulfide) groups is 1. The molecule has 7 heteroatoms. The largest absolute Gasteiger partial charge is 0.480 e. The third kappa shape index (κ3) is 4.29. The summed E-state index contributed by atoms with van der Waals surface area (Å²) in [5.74, 6) is -0.753. The summed E-state index contributed by atoms with van der Waals surface area (Å²) in [7, 11) is -3.95. The van der Waals surface area contributed by atoms with E-state index in [0.717, 1.165) is 11.8 Å². The zero-order valence-corrected chi connectivity index (χ0v) is 12.0. The molecule has 1 rings (SSSR count). The Morgan fingerprint density at radius 2 is 2.16 bits per heavy atom. The second kappa shape index (κ2) is 6.63. The monoisotopic (exact) mass is 301 g/mol. The van der Waals surface area contributed by atoms with E-state index in [0.29, 0.717) is 11.4 Å². The molecule has 0 aliphatic rings. The van der Waals surface area contributed by atoms with Gasteiger partial charge in [-0.2, -0.15) is 0 Å². The van der Waals surface area contributed by atoms with E-state index in [9.17, 15) is 13.2 Å². The summed E-state index contributed by atoms with van der Waals surface area (Å²) < 4.78 is 26.0. The van der Waals surface area contributed by atoms with E-state index in [4.69, 9.17) is 5.11 Å². The first-order valence-electron chi connectivity index (χ1n) is 5.45. The van der Waals surface area contributed by atoms with Crippen LogP contribution >= 0.6 is 11.8 Å². The molecular formula is C12H15NO4S2. The second-order valence-corrected chi connectivity index (χ2v) is 6.79. The first-order chi connectivity index (χ1) is 8.88. The number of carboxylic acids is 1. The van der Waals surface area contributed by atoms with Crippen LogP contribution in [0.4, 0.5) is 5.69 Å². The van der Waals surface area contributed by atoms with Gasteiger partial charge in [0.25, 0.3) is 0 Å². The van der Waals surface area contributed by atoms with E-state index in [2.05, 4.69) is 11.3 Å². The lowest BCUT2D eigenvalue weighted by Gasteiger charge is -2.14. The molecule has 0 saturated heterocycles. The maximum absolute atomic E-state index is 11.8. The van der Waals surface area contributed by atoms with Gasteiger partial charge in [0.1, 0.15) is 0 Å². The quantitative estimate of drug-likeness (QED) is 0.596. The van der Waals surface area contributed by atoms with Crippen molar-refractivity contribution in [1.29, 1.82) is 0 Å². The van der Waals surface area contributed by atoms with Crippen LogP contribution in [0.2, 0.25) is 0 Å². The van der Waals surface area contributed by atoms with Gasteiger partial charge in [-0.15, -0.1) is 18.3 Å². The molecule has 0 heterocycles. The molecule has 2 N–H and O–H groups in total. The summed E-state index contributed by atoms with van der Waals surface area (Å²) in [4.78, 5) is 11.5. The number of nitrogens with one attached hydrogen (secondary N) is 1. The summed E-state index contributed by atoms with van der Waals surface area (Å²) in [5, 5.41) is 7.26. The highest BCUT2D eigenvalue weighted by Gasteiger charge is 2.28. The van der Waals surface area contributed by atoms with Crippen LogP contribution in [0.5, 0.6) is 0 Å². The van der Waals surface area contributed by atoms with Gasteiger partial charge >= 0.3 is 5.97 Å². The van der Waals surface area contributed by atoms with Crippen molar-refractivity contribution in [1.82, 2.24) is 0 Å². The molecule has 1 aromatic rings. The number of carboxylic acid groups (broad SMARTS) is 1. The molecule has 1 atom stereocenters. The molecule has 19 heavy (non-hydrogen) atoms. The Hall–Kier alpha value is -1.47. The van der Waals surface area contributed by atoms with Crippen LogP contribution < -0.4 is 4.72 Å². The maximum atomic E-state index is 11.8. The lowest BCUT2D eigenvalue weighted by molar-refractivity contribution is -0.136. The van der Waals surface area contributed by atoms with E-state index in [1.54, 1.807) is 30.3 Å². The van der Waals surface area contributed by atoms with Crippen molar-refractivity contribution >= 4 is 33.4 Å². The molecule has 0 spiro atoms. The van der Waals surface area contributed by atoms with Crippen molar-refractivity contribution in [2.24, 2.45) is 0 Å². The maximum Gasteiger partial charge on any atom is 0.323 e. The minimum atomic E-state index is -3.95. The molecule has 0 radical (unpaired) electrons. The van der Waals surface area contributed by atoms with Crippen molar-refractivity contribution in [3.8, 4) is 0 Å². The minimum absolute atomic E-state index is 0.377. The number of rotatable bonds is 7. The van der Waals surface area contributed by atoms with Gasteiger partial charge in [0.05, 0.1) is 5.69 Å². The fourth-order valence-electron chi connectivity index (χ4n) is 1.20. The highest BCUT2D eigenvalue weighted by Crippen LogP contribution is 2.28. The molecule has 0 aliphatic heterocycles. The number of hydrogen-bond donors (Lipinski definition) is 2. The van der Waals surface area contributed by atoms with Gasteiger partial charge in [-0.3, -0.25) is 9.52 Å². The average Bonchev–Trinajstić information content (AvgIpc) is 2.36. The van der Waals surface area contributed by atoms with Crippen LogP contribution in [0.3, 0.4) is 0 Å². The number of anilines is 1. The molecule has 0 bridgehead atoms. The van der Waals surface area contributed by atoms with Crippen LogP contribution in [0.1, 0.15) is 6.92 Å². The topological polar surface area (TPSA) is 83.5 Å². The Morgan fingerprint density at radius 3 is 2.74 bits per heavy atom. The highest BCUT2D eigenvalue weighted by atomic mass is 32.2. The van der Waals surface area contributed by atoms with Crippen molar-refractivity contribution in [2.75, 3.05) is 10.5 Å². The van der Waals surface area contributed by atoms with Gasteiger partial charge in [-0.05, 0) is 19.1 Å². The van der Waals surface area contributed by atoms with Crippen LogP contribution in [0, 0.1) is 0 Å². The lowest BCUT2D eigenvalue weighted by Crippen LogP contribution is -2.32. The smallest absolute Gasteiger partial charge is 0.323 e. The predicted octanol–water partition coefficient (Wildman–Crippen LogP) is 2.18. The molecule has 0 aromatic heterocycles. The van der Waals surface area contributed by atoms with Crippen molar-refractivity contribution in [3.05, 3.63) is 36.9 Å². The van der Waals surface area contributed by atoms with Gasteiger partial charge in [0.2, 0.25) is 10.0 Å². The van der Waals surface area contributed by atoms with Gasteiger partial charge in [0.15, 0.2) is 5.25 Å². The Balaban J connectivity index is 2.99. The van der Waals surface area contributed by atoms with E-state index < -0.39 is 21.2 Å². The number of aliphatic carboxylic acids is 1. The lowest BCUT2D eigenvalue weighted by atomic mass is 10.3. The Labute approximate surface area is 116 Å². The number of hydrogen-bond acceptors (Lipinski definition) is 4. The van der Waals surface area contributed by atoms with E-state index in [1.165, 1.54) is 11.8 Å². The van der Waals surface area contributed by atoms with Crippen LogP contribution in [-0.4, -0.2) is 30.5 Å². The molecule has 0 amide bonds. The fourth-order valence-corrected chi connectivity index (χ4v) is 2.94. The van der Waals surface area contributed by atoms with Gasteiger partial charge in [-0.1, -0.05) is 18.2 Å². The van der Waals surface area contributed by atoms with Crippen molar-refractivity contribution in [2.45, 2.75) is 17.1 Å². The zero-order valence-electron chi connectivity index (χ0n) is 10.4. The Bertz CT molecular complexity index is 569. The first-order valence-corrected chi connectivity index (χ1v) is 7.99. The Morgan fingerprint density at radius 1 is 1.53 bits per heavy atom. The van der Waals surface area contributed by atoms with Crippen LogP contribution in [-0.2, 0) is 14.8 Å². The van der Waals surface area contributed by atoms with Gasteiger partial charge < -0.3 is 5.11 Å². The molecular weight excluding hydrogens is 286 g/mol. The summed E-state index contributed by atoms with van der Waals surface area (Å²) in [6.07, 6.45) is 1.70. The first kappa shape index (κ1) is 15.6. The van der Waals surface area contributed by atoms with E-state index >= 15 is 0 Å². The van der Waals surface area contributed by atoms with E-state index in [-0.39, 0.29) is 0 Å². The summed E-state index contributed by atoms with van der Waals surface area (Å²) in [6.45, 7) is 4.72. The number of carbonyl (C=O) groups is 1. The predicted molar refractivity (Wildman–Crippen MR) is 77.0 cm³/mol. The molecule has 1 unspecified atom stereocenters. The van der Waals surface area contributed by atoms with Gasteiger partial charge in [0, 0.05) is 10.6 Å². The minimum Gasteiger partial charge on any atom is -0.480 e. The molecule has 104 valence electrons. The highest BCUT2D eigenvalue weighted by molar-refractivity contribution is 7.99. The average molecular weight is 301 g/mol.